The molecule has 0 saturated heterocycles. The molecule has 0 N–H and O–H groups in total. The highest BCUT2D eigenvalue weighted by Crippen LogP contribution is 2.26. The zero-order valence-electron chi connectivity index (χ0n) is 13.0. The number of aromatic nitrogens is 1. The smallest absolute Gasteiger partial charge is 0.273 e. The Labute approximate surface area is 141 Å². The topological polar surface area (TPSA) is 46.3 Å². The lowest BCUT2D eigenvalue weighted by atomic mass is 10.1. The van der Waals surface area contributed by atoms with Gasteiger partial charge in [-0.2, -0.15) is 0 Å². The van der Waals surface area contributed by atoms with Crippen molar-refractivity contribution in [2.24, 2.45) is 0 Å². The first-order valence-electron chi connectivity index (χ1n) is 7.19. The highest BCUT2D eigenvalue weighted by Gasteiger charge is 2.22. The lowest BCUT2D eigenvalue weighted by Crippen LogP contribution is -2.30. The molecular weight excluding hydrogens is 334 g/mol. The predicted molar refractivity (Wildman–Crippen MR) is 86.7 cm³/mol. The standard InChI is InChI=1S/C17H14F2N2O2S/c1-10(11-5-6-12(18)13(19)8-11)21(2)17(22)14-9-24-16(20-14)15-4-3-7-23-15/h3-10H,1-2H3. The molecule has 24 heavy (non-hydrogen) atoms. The van der Waals surface area contributed by atoms with Crippen LogP contribution in [0.4, 0.5) is 8.78 Å². The number of thiazole rings is 1. The Bertz CT molecular complexity index is 861. The van der Waals surface area contributed by atoms with Gasteiger partial charge in [-0.3, -0.25) is 4.79 Å². The van der Waals surface area contributed by atoms with E-state index >= 15 is 0 Å². The van der Waals surface area contributed by atoms with Crippen LogP contribution in [0.5, 0.6) is 0 Å². The Morgan fingerprint density at radius 2 is 2.08 bits per heavy atom. The monoisotopic (exact) mass is 348 g/mol. The zero-order chi connectivity index (χ0) is 17.3. The van der Waals surface area contributed by atoms with Crippen molar-refractivity contribution in [3.63, 3.8) is 0 Å². The normalized spacial score (nSPS) is 12.2. The van der Waals surface area contributed by atoms with Crippen LogP contribution in [0, 0.1) is 11.6 Å². The second-order valence-corrected chi connectivity index (χ2v) is 6.14. The van der Waals surface area contributed by atoms with Gasteiger partial charge in [0.05, 0.1) is 12.3 Å². The summed E-state index contributed by atoms with van der Waals surface area (Å²) in [5.74, 6) is -1.56. The van der Waals surface area contributed by atoms with Crippen LogP contribution in [0.25, 0.3) is 10.8 Å². The molecule has 124 valence electrons. The van der Waals surface area contributed by atoms with Gasteiger partial charge in [-0.25, -0.2) is 13.8 Å². The Morgan fingerprint density at radius 3 is 2.75 bits per heavy atom. The van der Waals surface area contributed by atoms with Gasteiger partial charge in [0, 0.05) is 12.4 Å². The van der Waals surface area contributed by atoms with Gasteiger partial charge in [0.25, 0.3) is 5.91 Å². The summed E-state index contributed by atoms with van der Waals surface area (Å²) in [7, 11) is 1.60. The van der Waals surface area contributed by atoms with Crippen LogP contribution >= 0.6 is 11.3 Å². The van der Waals surface area contributed by atoms with E-state index in [2.05, 4.69) is 4.98 Å². The van der Waals surface area contributed by atoms with Crippen LogP contribution in [0.2, 0.25) is 0 Å². The first-order chi connectivity index (χ1) is 11.5. The summed E-state index contributed by atoms with van der Waals surface area (Å²) in [5, 5.41) is 2.26. The molecule has 0 bridgehead atoms. The third-order valence-electron chi connectivity index (χ3n) is 3.78. The van der Waals surface area contributed by atoms with Gasteiger partial charge in [0.1, 0.15) is 5.69 Å². The molecule has 1 unspecified atom stereocenters. The number of halogens is 2. The van der Waals surface area contributed by atoms with E-state index < -0.39 is 17.7 Å². The fourth-order valence-electron chi connectivity index (χ4n) is 2.24. The van der Waals surface area contributed by atoms with Crippen LogP contribution in [-0.2, 0) is 0 Å². The molecule has 2 aromatic heterocycles. The van der Waals surface area contributed by atoms with Crippen molar-refractivity contribution in [3.05, 3.63) is 64.9 Å². The molecule has 0 saturated carbocycles. The van der Waals surface area contributed by atoms with E-state index in [-0.39, 0.29) is 11.6 Å². The summed E-state index contributed by atoms with van der Waals surface area (Å²) in [6, 6.07) is 6.69. The summed E-state index contributed by atoms with van der Waals surface area (Å²) in [6.45, 7) is 1.74. The first kappa shape index (κ1) is 16.3. The van der Waals surface area contributed by atoms with Gasteiger partial charge in [-0.05, 0) is 36.8 Å². The van der Waals surface area contributed by atoms with Crippen LogP contribution in [-0.4, -0.2) is 22.8 Å². The molecule has 0 spiro atoms. The van der Waals surface area contributed by atoms with Crippen LogP contribution < -0.4 is 0 Å². The van der Waals surface area contributed by atoms with Crippen molar-refractivity contribution in [3.8, 4) is 10.8 Å². The number of benzene rings is 1. The minimum absolute atomic E-state index is 0.281. The van der Waals surface area contributed by atoms with Crippen LogP contribution in [0.3, 0.4) is 0 Å². The molecule has 1 amide bonds. The minimum Gasteiger partial charge on any atom is -0.462 e. The molecule has 1 aromatic carbocycles. The lowest BCUT2D eigenvalue weighted by Gasteiger charge is -2.24. The van der Waals surface area contributed by atoms with Crippen molar-refractivity contribution in [2.45, 2.75) is 13.0 Å². The average Bonchev–Trinajstić information content (AvgIpc) is 3.26. The van der Waals surface area contributed by atoms with E-state index in [0.717, 1.165) is 12.1 Å². The summed E-state index contributed by atoms with van der Waals surface area (Å²) in [5.41, 5.74) is 0.787. The lowest BCUT2D eigenvalue weighted by molar-refractivity contribution is 0.0737. The third-order valence-corrected chi connectivity index (χ3v) is 4.64. The molecule has 0 fully saturated rings. The summed E-state index contributed by atoms with van der Waals surface area (Å²) < 4.78 is 31.7. The highest BCUT2D eigenvalue weighted by molar-refractivity contribution is 7.13. The van der Waals surface area contributed by atoms with Crippen molar-refractivity contribution in [1.29, 1.82) is 0 Å². The fraction of sp³-hybridized carbons (Fsp3) is 0.176. The van der Waals surface area contributed by atoms with E-state index in [1.807, 2.05) is 0 Å². The SMILES string of the molecule is CC(c1ccc(F)c(F)c1)N(C)C(=O)c1csc(-c2ccco2)n1. The number of carbonyl (C=O) groups excluding carboxylic acids is 1. The molecule has 0 aliphatic rings. The van der Waals surface area contributed by atoms with Gasteiger partial charge in [0.15, 0.2) is 22.4 Å². The Kier molecular flexibility index (Phi) is 4.44. The molecule has 0 radical (unpaired) electrons. The zero-order valence-corrected chi connectivity index (χ0v) is 13.8. The molecule has 3 rings (SSSR count). The highest BCUT2D eigenvalue weighted by atomic mass is 32.1. The molecule has 0 aliphatic carbocycles. The number of hydrogen-bond acceptors (Lipinski definition) is 4. The average molecular weight is 348 g/mol. The fourth-order valence-corrected chi connectivity index (χ4v) is 3.00. The third kappa shape index (κ3) is 3.07. The van der Waals surface area contributed by atoms with E-state index in [1.54, 1.807) is 31.5 Å². The number of amides is 1. The second kappa shape index (κ2) is 6.52. The Balaban J connectivity index is 1.80. The minimum atomic E-state index is -0.936. The van der Waals surface area contributed by atoms with Crippen LogP contribution in [0.15, 0.2) is 46.4 Å². The second-order valence-electron chi connectivity index (χ2n) is 5.28. The quantitative estimate of drug-likeness (QED) is 0.697. The van der Waals surface area contributed by atoms with E-state index in [4.69, 9.17) is 4.42 Å². The molecule has 0 aliphatic heterocycles. The molecule has 2 heterocycles. The predicted octanol–water partition coefficient (Wildman–Crippen LogP) is 4.51. The van der Waals surface area contributed by atoms with Gasteiger partial charge in [-0.1, -0.05) is 6.07 Å². The molecule has 4 nitrogen and oxygen atoms in total. The number of nitrogens with zero attached hydrogens (tertiary/aromatic N) is 2. The summed E-state index contributed by atoms with van der Waals surface area (Å²) in [4.78, 5) is 18.3. The summed E-state index contributed by atoms with van der Waals surface area (Å²) >= 11 is 1.30. The number of rotatable bonds is 4. The molecule has 7 heteroatoms. The maximum absolute atomic E-state index is 13.4. The first-order valence-corrected chi connectivity index (χ1v) is 8.07. The van der Waals surface area contributed by atoms with Gasteiger partial charge >= 0.3 is 0 Å². The van der Waals surface area contributed by atoms with E-state index in [9.17, 15) is 13.6 Å². The van der Waals surface area contributed by atoms with Crippen molar-refractivity contribution < 1.29 is 18.0 Å². The maximum Gasteiger partial charge on any atom is 0.273 e. The van der Waals surface area contributed by atoms with Gasteiger partial charge < -0.3 is 9.32 Å². The Morgan fingerprint density at radius 1 is 1.29 bits per heavy atom. The van der Waals surface area contributed by atoms with Crippen molar-refractivity contribution in [2.75, 3.05) is 7.05 Å². The molecule has 3 aromatic rings. The van der Waals surface area contributed by atoms with Gasteiger partial charge in [-0.15, -0.1) is 11.3 Å². The van der Waals surface area contributed by atoms with Crippen molar-refractivity contribution in [1.82, 2.24) is 9.88 Å². The van der Waals surface area contributed by atoms with E-state index in [0.29, 0.717) is 16.3 Å². The van der Waals surface area contributed by atoms with Crippen LogP contribution in [0.1, 0.15) is 29.0 Å². The molecule has 1 atom stereocenters. The molecular formula is C17H14F2N2O2S. The number of carbonyl (C=O) groups is 1. The number of furan rings is 1. The maximum atomic E-state index is 13.4. The Hall–Kier alpha value is -2.54. The summed E-state index contributed by atoms with van der Waals surface area (Å²) in [6.07, 6.45) is 1.54. The van der Waals surface area contributed by atoms with Gasteiger partial charge in [0.2, 0.25) is 0 Å². The van der Waals surface area contributed by atoms with Crippen molar-refractivity contribution >= 4 is 17.2 Å². The van der Waals surface area contributed by atoms with E-state index in [1.165, 1.54) is 28.6 Å². The number of hydrogen-bond donors (Lipinski definition) is 0. The largest absolute Gasteiger partial charge is 0.462 e.